The fourth-order valence-corrected chi connectivity index (χ4v) is 1.74. The summed E-state index contributed by atoms with van der Waals surface area (Å²) in [6, 6.07) is 10.4. The third-order valence-electron chi connectivity index (χ3n) is 2.58. The van der Waals surface area contributed by atoms with Gasteiger partial charge in [0.2, 0.25) is 0 Å². The standard InChI is InChI=1S/C15H16N2/c1-3-6-13(16-2)9-10-14-11-12-7-4-5-8-15(12)17-14/h3-11,17H,1-2H3/b6-3-,10-9+,16-13?. The summed E-state index contributed by atoms with van der Waals surface area (Å²) in [5, 5.41) is 1.23. The number of aliphatic imine (C=N–C) groups is 1. The SMILES string of the molecule is C/C=C\C(/C=C/c1cc2ccccc2[nH]1)=NC. The minimum atomic E-state index is 0.964. The quantitative estimate of drug-likeness (QED) is 0.768. The molecule has 0 aliphatic heterocycles. The summed E-state index contributed by atoms with van der Waals surface area (Å²) >= 11 is 0. The van der Waals surface area contributed by atoms with Crippen molar-refractivity contribution in [2.45, 2.75) is 6.92 Å². The van der Waals surface area contributed by atoms with Crippen molar-refractivity contribution in [3.05, 3.63) is 54.3 Å². The number of nitrogens with zero attached hydrogens (tertiary/aromatic N) is 1. The van der Waals surface area contributed by atoms with Gasteiger partial charge in [0.25, 0.3) is 0 Å². The maximum atomic E-state index is 4.18. The molecule has 1 aromatic heterocycles. The summed E-state index contributed by atoms with van der Waals surface area (Å²) in [4.78, 5) is 7.53. The van der Waals surface area contributed by atoms with Gasteiger partial charge in [-0.25, -0.2) is 0 Å². The second-order valence-electron chi connectivity index (χ2n) is 3.79. The molecule has 86 valence electrons. The van der Waals surface area contributed by atoms with Gasteiger partial charge in [-0.15, -0.1) is 0 Å². The van der Waals surface area contributed by atoms with Crippen LogP contribution in [0, 0.1) is 0 Å². The highest BCUT2D eigenvalue weighted by Gasteiger charge is 1.96. The van der Waals surface area contributed by atoms with Gasteiger partial charge in [-0.3, -0.25) is 4.99 Å². The number of nitrogens with one attached hydrogen (secondary N) is 1. The zero-order valence-corrected chi connectivity index (χ0v) is 10.1. The minimum Gasteiger partial charge on any atom is -0.355 e. The molecule has 0 amide bonds. The topological polar surface area (TPSA) is 28.1 Å². The first kappa shape index (κ1) is 11.4. The number of rotatable bonds is 3. The molecule has 0 aliphatic carbocycles. The lowest BCUT2D eigenvalue weighted by Crippen LogP contribution is -1.85. The first-order valence-electron chi connectivity index (χ1n) is 5.69. The molecule has 1 aromatic carbocycles. The van der Waals surface area contributed by atoms with Crippen LogP contribution in [0.25, 0.3) is 17.0 Å². The molecule has 0 bridgehead atoms. The van der Waals surface area contributed by atoms with Crippen LogP contribution in [0.15, 0.2) is 53.6 Å². The summed E-state index contributed by atoms with van der Waals surface area (Å²) in [6.07, 6.45) is 8.02. The summed E-state index contributed by atoms with van der Waals surface area (Å²) < 4.78 is 0. The third-order valence-corrected chi connectivity index (χ3v) is 2.58. The van der Waals surface area contributed by atoms with Gasteiger partial charge in [0.15, 0.2) is 0 Å². The number of aromatic amines is 1. The highest BCUT2D eigenvalue weighted by molar-refractivity contribution is 6.06. The highest BCUT2D eigenvalue weighted by Crippen LogP contribution is 2.15. The van der Waals surface area contributed by atoms with Crippen molar-refractivity contribution >= 4 is 22.7 Å². The van der Waals surface area contributed by atoms with Gasteiger partial charge < -0.3 is 4.98 Å². The van der Waals surface area contributed by atoms with Gasteiger partial charge in [-0.2, -0.15) is 0 Å². The van der Waals surface area contributed by atoms with E-state index >= 15 is 0 Å². The Morgan fingerprint density at radius 3 is 2.76 bits per heavy atom. The Hall–Kier alpha value is -2.09. The Bertz CT molecular complexity index is 553. The number of H-pyrrole nitrogens is 1. The zero-order valence-electron chi connectivity index (χ0n) is 10.1. The number of allylic oxidation sites excluding steroid dienone is 3. The Morgan fingerprint density at radius 1 is 1.24 bits per heavy atom. The van der Waals surface area contributed by atoms with Gasteiger partial charge in [-0.1, -0.05) is 24.3 Å². The Labute approximate surface area is 101 Å². The van der Waals surface area contributed by atoms with E-state index in [2.05, 4.69) is 28.2 Å². The summed E-state index contributed by atoms with van der Waals surface area (Å²) in [6.45, 7) is 1.99. The molecule has 0 unspecified atom stereocenters. The molecule has 0 fully saturated rings. The van der Waals surface area contributed by atoms with Crippen LogP contribution in [-0.2, 0) is 0 Å². The molecule has 0 spiro atoms. The number of hydrogen-bond acceptors (Lipinski definition) is 1. The maximum absolute atomic E-state index is 4.18. The first-order valence-corrected chi connectivity index (χ1v) is 5.69. The van der Waals surface area contributed by atoms with Crippen molar-refractivity contribution in [2.24, 2.45) is 4.99 Å². The van der Waals surface area contributed by atoms with E-state index in [1.54, 1.807) is 7.05 Å². The lowest BCUT2D eigenvalue weighted by Gasteiger charge is -1.89. The molecular formula is C15H16N2. The van der Waals surface area contributed by atoms with Crippen LogP contribution >= 0.6 is 0 Å². The van der Waals surface area contributed by atoms with Crippen LogP contribution in [0.4, 0.5) is 0 Å². The number of hydrogen-bond donors (Lipinski definition) is 1. The fourth-order valence-electron chi connectivity index (χ4n) is 1.74. The van der Waals surface area contributed by atoms with Gasteiger partial charge in [0, 0.05) is 18.3 Å². The Balaban J connectivity index is 2.26. The fraction of sp³-hybridized carbons (Fsp3) is 0.133. The molecular weight excluding hydrogens is 208 g/mol. The van der Waals surface area contributed by atoms with E-state index in [1.165, 1.54) is 5.39 Å². The predicted molar refractivity (Wildman–Crippen MR) is 75.5 cm³/mol. The molecule has 0 radical (unpaired) electrons. The molecule has 1 heterocycles. The Kier molecular flexibility index (Phi) is 3.55. The average molecular weight is 224 g/mol. The number of aromatic nitrogens is 1. The van der Waals surface area contributed by atoms with Crippen molar-refractivity contribution in [3.63, 3.8) is 0 Å². The molecule has 1 N–H and O–H groups in total. The number of para-hydroxylation sites is 1. The molecule has 0 atom stereocenters. The van der Waals surface area contributed by atoms with Crippen LogP contribution in [0.2, 0.25) is 0 Å². The molecule has 0 aliphatic rings. The third kappa shape index (κ3) is 2.72. The molecule has 0 saturated carbocycles. The molecule has 2 heteroatoms. The monoisotopic (exact) mass is 224 g/mol. The van der Waals surface area contributed by atoms with Crippen LogP contribution < -0.4 is 0 Å². The summed E-state index contributed by atoms with van der Waals surface area (Å²) in [5.41, 5.74) is 3.22. The van der Waals surface area contributed by atoms with Crippen molar-refractivity contribution < 1.29 is 0 Å². The summed E-state index contributed by atoms with van der Waals surface area (Å²) in [5.74, 6) is 0. The molecule has 2 nitrogen and oxygen atoms in total. The summed E-state index contributed by atoms with van der Waals surface area (Å²) in [7, 11) is 1.80. The van der Waals surface area contributed by atoms with Crippen molar-refractivity contribution in [3.8, 4) is 0 Å². The van der Waals surface area contributed by atoms with E-state index in [-0.39, 0.29) is 0 Å². The van der Waals surface area contributed by atoms with Crippen molar-refractivity contribution in [2.75, 3.05) is 7.05 Å². The second-order valence-corrected chi connectivity index (χ2v) is 3.79. The smallest absolute Gasteiger partial charge is 0.0568 e. The van der Waals surface area contributed by atoms with Gasteiger partial charge >= 0.3 is 0 Å². The van der Waals surface area contributed by atoms with Gasteiger partial charge in [-0.05, 0) is 42.7 Å². The highest BCUT2D eigenvalue weighted by atomic mass is 14.7. The maximum Gasteiger partial charge on any atom is 0.0568 e. The van der Waals surface area contributed by atoms with E-state index in [4.69, 9.17) is 0 Å². The number of fused-ring (bicyclic) bond motifs is 1. The lowest BCUT2D eigenvalue weighted by molar-refractivity contribution is 1.43. The van der Waals surface area contributed by atoms with E-state index in [9.17, 15) is 0 Å². The average Bonchev–Trinajstić information content (AvgIpc) is 2.77. The lowest BCUT2D eigenvalue weighted by atomic mass is 10.2. The van der Waals surface area contributed by atoms with Crippen LogP contribution in [0.1, 0.15) is 12.6 Å². The second kappa shape index (κ2) is 5.30. The van der Waals surface area contributed by atoms with E-state index in [0.29, 0.717) is 0 Å². The van der Waals surface area contributed by atoms with Crippen molar-refractivity contribution in [1.82, 2.24) is 4.98 Å². The van der Waals surface area contributed by atoms with Crippen LogP contribution in [-0.4, -0.2) is 17.7 Å². The van der Waals surface area contributed by atoms with Crippen LogP contribution in [0.5, 0.6) is 0 Å². The van der Waals surface area contributed by atoms with Crippen molar-refractivity contribution in [1.29, 1.82) is 0 Å². The Morgan fingerprint density at radius 2 is 2.06 bits per heavy atom. The number of benzene rings is 1. The molecule has 17 heavy (non-hydrogen) atoms. The normalized spacial score (nSPS) is 13.2. The minimum absolute atomic E-state index is 0.964. The largest absolute Gasteiger partial charge is 0.355 e. The van der Waals surface area contributed by atoms with Crippen LogP contribution in [0.3, 0.4) is 0 Å². The molecule has 2 rings (SSSR count). The molecule has 2 aromatic rings. The zero-order chi connectivity index (χ0) is 12.1. The van der Waals surface area contributed by atoms with Gasteiger partial charge in [0.1, 0.15) is 0 Å². The van der Waals surface area contributed by atoms with E-state index < -0.39 is 0 Å². The van der Waals surface area contributed by atoms with E-state index in [1.807, 2.05) is 43.4 Å². The first-order chi connectivity index (χ1) is 8.33. The predicted octanol–water partition coefficient (Wildman–Crippen LogP) is 3.83. The van der Waals surface area contributed by atoms with E-state index in [0.717, 1.165) is 16.9 Å². The molecule has 0 saturated heterocycles. The van der Waals surface area contributed by atoms with Gasteiger partial charge in [0.05, 0.1) is 5.71 Å².